The van der Waals surface area contributed by atoms with Crippen LogP contribution >= 0.6 is 0 Å². The van der Waals surface area contributed by atoms with Crippen LogP contribution in [0.4, 0.5) is 4.39 Å². The SMILES string of the molecule is O=C(COc1cccc(F)c1)N1C[C@@H]2C[C@H](C1)c1cc(-c3ccccn3)cc(=O)n1C2. The third-order valence-corrected chi connectivity index (χ3v) is 6.03. The van der Waals surface area contributed by atoms with Gasteiger partial charge in [-0.3, -0.25) is 14.6 Å². The van der Waals surface area contributed by atoms with Crippen LogP contribution < -0.4 is 10.3 Å². The van der Waals surface area contributed by atoms with E-state index in [1.54, 1.807) is 29.3 Å². The third-order valence-electron chi connectivity index (χ3n) is 6.03. The Bertz CT molecular complexity index is 1180. The fourth-order valence-corrected chi connectivity index (χ4v) is 4.64. The average molecular weight is 419 g/mol. The minimum absolute atomic E-state index is 0.0259. The third kappa shape index (κ3) is 3.95. The van der Waals surface area contributed by atoms with Crippen LogP contribution in [0, 0.1) is 11.7 Å². The zero-order chi connectivity index (χ0) is 21.4. The van der Waals surface area contributed by atoms with Crippen LogP contribution in [-0.2, 0) is 11.3 Å². The molecule has 0 radical (unpaired) electrons. The van der Waals surface area contributed by atoms with E-state index in [9.17, 15) is 14.0 Å². The Kier molecular flexibility index (Phi) is 5.02. The van der Waals surface area contributed by atoms with Crippen molar-refractivity contribution in [1.29, 1.82) is 0 Å². The predicted octanol–water partition coefficient (Wildman–Crippen LogP) is 3.07. The summed E-state index contributed by atoms with van der Waals surface area (Å²) in [7, 11) is 0. The minimum Gasteiger partial charge on any atom is -0.484 e. The summed E-state index contributed by atoms with van der Waals surface area (Å²) in [5, 5.41) is 0. The van der Waals surface area contributed by atoms with Gasteiger partial charge in [0.05, 0.1) is 5.69 Å². The Balaban J connectivity index is 1.35. The summed E-state index contributed by atoms with van der Waals surface area (Å²) >= 11 is 0. The van der Waals surface area contributed by atoms with Gasteiger partial charge in [-0.1, -0.05) is 12.1 Å². The van der Waals surface area contributed by atoms with E-state index in [2.05, 4.69) is 4.98 Å². The van der Waals surface area contributed by atoms with Crippen molar-refractivity contribution < 1.29 is 13.9 Å². The number of fused-ring (bicyclic) bond motifs is 4. The van der Waals surface area contributed by atoms with Crippen molar-refractivity contribution >= 4 is 5.91 Å². The first-order valence-corrected chi connectivity index (χ1v) is 10.4. The Labute approximate surface area is 178 Å². The number of halogens is 1. The Morgan fingerprint density at radius 3 is 2.81 bits per heavy atom. The van der Waals surface area contributed by atoms with E-state index in [1.165, 1.54) is 12.1 Å². The molecule has 2 aromatic heterocycles. The molecule has 0 aliphatic carbocycles. The highest BCUT2D eigenvalue weighted by molar-refractivity contribution is 5.78. The molecule has 2 bridgehead atoms. The van der Waals surface area contributed by atoms with Crippen LogP contribution in [0.15, 0.2) is 65.6 Å². The van der Waals surface area contributed by atoms with Gasteiger partial charge in [-0.2, -0.15) is 0 Å². The molecule has 0 spiro atoms. The van der Waals surface area contributed by atoms with Crippen molar-refractivity contribution in [3.05, 3.63) is 82.7 Å². The van der Waals surface area contributed by atoms with E-state index in [-0.39, 0.29) is 29.9 Å². The second kappa shape index (κ2) is 7.98. The summed E-state index contributed by atoms with van der Waals surface area (Å²) in [6.07, 6.45) is 2.65. The topological polar surface area (TPSA) is 64.4 Å². The van der Waals surface area contributed by atoms with Crippen LogP contribution in [0.5, 0.6) is 5.75 Å². The lowest BCUT2D eigenvalue weighted by atomic mass is 9.82. The number of hydrogen-bond acceptors (Lipinski definition) is 4. The normalized spacial score (nSPS) is 19.6. The molecule has 0 unspecified atom stereocenters. The van der Waals surface area contributed by atoms with Crippen molar-refractivity contribution in [2.45, 2.75) is 18.9 Å². The second-order valence-corrected chi connectivity index (χ2v) is 8.18. The maximum atomic E-state index is 13.3. The molecule has 1 aromatic carbocycles. The minimum atomic E-state index is -0.400. The highest BCUT2D eigenvalue weighted by atomic mass is 19.1. The number of piperidine rings is 1. The molecule has 2 aliphatic heterocycles. The van der Waals surface area contributed by atoms with Gasteiger partial charge in [-0.25, -0.2) is 4.39 Å². The molecule has 2 atom stereocenters. The number of carbonyl (C=O) groups excluding carboxylic acids is 1. The largest absolute Gasteiger partial charge is 0.484 e. The second-order valence-electron chi connectivity index (χ2n) is 8.18. The molecule has 0 N–H and O–H groups in total. The van der Waals surface area contributed by atoms with Gasteiger partial charge in [0, 0.05) is 55.1 Å². The van der Waals surface area contributed by atoms with Gasteiger partial charge in [0.25, 0.3) is 11.5 Å². The number of rotatable bonds is 4. The molecule has 4 heterocycles. The number of pyridine rings is 2. The van der Waals surface area contributed by atoms with Gasteiger partial charge in [-0.05, 0) is 42.7 Å². The monoisotopic (exact) mass is 419 g/mol. The van der Waals surface area contributed by atoms with Crippen LogP contribution in [0.3, 0.4) is 0 Å². The number of ether oxygens (including phenoxy) is 1. The van der Waals surface area contributed by atoms with Crippen molar-refractivity contribution in [1.82, 2.24) is 14.5 Å². The lowest BCUT2D eigenvalue weighted by molar-refractivity contribution is -0.136. The molecule has 5 rings (SSSR count). The first kappa shape index (κ1) is 19.5. The van der Waals surface area contributed by atoms with Gasteiger partial charge in [0.2, 0.25) is 0 Å². The maximum Gasteiger partial charge on any atom is 0.260 e. The van der Waals surface area contributed by atoms with Crippen LogP contribution in [0.25, 0.3) is 11.3 Å². The number of likely N-dealkylation sites (tertiary alicyclic amines) is 1. The number of amides is 1. The highest BCUT2D eigenvalue weighted by Crippen LogP contribution is 2.36. The smallest absolute Gasteiger partial charge is 0.260 e. The quantitative estimate of drug-likeness (QED) is 0.652. The number of hydrogen-bond donors (Lipinski definition) is 0. The highest BCUT2D eigenvalue weighted by Gasteiger charge is 2.36. The first-order valence-electron chi connectivity index (χ1n) is 10.4. The van der Waals surface area contributed by atoms with E-state index in [4.69, 9.17) is 4.74 Å². The van der Waals surface area contributed by atoms with Gasteiger partial charge in [0.1, 0.15) is 11.6 Å². The van der Waals surface area contributed by atoms with Crippen LogP contribution in [0.2, 0.25) is 0 Å². The molecule has 31 heavy (non-hydrogen) atoms. The summed E-state index contributed by atoms with van der Waals surface area (Å²) in [4.78, 5) is 31.7. The lowest BCUT2D eigenvalue weighted by Crippen LogP contribution is -2.50. The summed E-state index contributed by atoms with van der Waals surface area (Å²) < 4.78 is 20.7. The molecule has 6 nitrogen and oxygen atoms in total. The van der Waals surface area contributed by atoms with Crippen molar-refractivity contribution in [2.75, 3.05) is 19.7 Å². The summed E-state index contributed by atoms with van der Waals surface area (Å²) in [6, 6.07) is 15.1. The van der Waals surface area contributed by atoms with Crippen molar-refractivity contribution in [3.63, 3.8) is 0 Å². The zero-order valence-corrected chi connectivity index (χ0v) is 16.9. The molecule has 1 fully saturated rings. The van der Waals surface area contributed by atoms with Crippen LogP contribution in [-0.4, -0.2) is 40.1 Å². The van der Waals surface area contributed by atoms with Crippen LogP contribution in [0.1, 0.15) is 18.0 Å². The van der Waals surface area contributed by atoms with Crippen molar-refractivity contribution in [2.24, 2.45) is 5.92 Å². The average Bonchev–Trinajstić information content (AvgIpc) is 2.78. The molecule has 3 aromatic rings. The van der Waals surface area contributed by atoms with E-state index in [0.717, 1.165) is 23.4 Å². The number of carbonyl (C=O) groups is 1. The van der Waals surface area contributed by atoms with Gasteiger partial charge < -0.3 is 14.2 Å². The lowest BCUT2D eigenvalue weighted by Gasteiger charge is -2.42. The molecule has 158 valence electrons. The molecule has 1 saturated heterocycles. The molecule has 7 heteroatoms. The first-order chi connectivity index (χ1) is 15.1. The predicted molar refractivity (Wildman–Crippen MR) is 113 cm³/mol. The van der Waals surface area contributed by atoms with Crippen molar-refractivity contribution in [3.8, 4) is 17.0 Å². The van der Waals surface area contributed by atoms with Gasteiger partial charge in [-0.15, -0.1) is 0 Å². The zero-order valence-electron chi connectivity index (χ0n) is 16.9. The van der Waals surface area contributed by atoms with E-state index >= 15 is 0 Å². The summed E-state index contributed by atoms with van der Waals surface area (Å²) in [5.41, 5.74) is 2.49. The molecular weight excluding hydrogens is 397 g/mol. The molecular formula is C24H22FN3O3. The van der Waals surface area contributed by atoms with Gasteiger partial charge >= 0.3 is 0 Å². The summed E-state index contributed by atoms with van der Waals surface area (Å²) in [6.45, 7) is 1.59. The summed E-state index contributed by atoms with van der Waals surface area (Å²) in [5.74, 6) is 0.117. The maximum absolute atomic E-state index is 13.3. The van der Waals surface area contributed by atoms with E-state index < -0.39 is 5.82 Å². The Morgan fingerprint density at radius 2 is 2.00 bits per heavy atom. The molecule has 0 saturated carbocycles. The molecule has 1 amide bonds. The fourth-order valence-electron chi connectivity index (χ4n) is 4.64. The Morgan fingerprint density at radius 1 is 1.10 bits per heavy atom. The fraction of sp³-hybridized carbons (Fsp3) is 0.292. The van der Waals surface area contributed by atoms with Gasteiger partial charge in [0.15, 0.2) is 6.61 Å². The number of aromatic nitrogens is 2. The molecule has 2 aliphatic rings. The van der Waals surface area contributed by atoms with E-state index in [0.29, 0.717) is 25.4 Å². The standard InChI is InChI=1S/C24H22FN3O3/c25-19-4-3-5-20(11-19)31-15-24(30)27-12-16-8-18(14-27)22-9-17(10-23(29)28(22)13-16)21-6-1-2-7-26-21/h1-7,9-11,16,18H,8,12-15H2/t16-,18+/m0/s1. The number of benzene rings is 1. The van der Waals surface area contributed by atoms with E-state index in [1.807, 2.05) is 28.8 Å². The number of nitrogens with zero attached hydrogens (tertiary/aromatic N) is 3. The Hall–Kier alpha value is -3.48.